The minimum absolute atomic E-state index is 0.121. The van der Waals surface area contributed by atoms with E-state index in [2.05, 4.69) is 53.1 Å². The first-order valence-electron chi connectivity index (χ1n) is 12.2. The number of phenolic OH excluding ortho intramolecular Hbond substituents is 1. The van der Waals surface area contributed by atoms with Crippen molar-refractivity contribution in [1.29, 1.82) is 0 Å². The summed E-state index contributed by atoms with van der Waals surface area (Å²) < 4.78 is 7.47. The van der Waals surface area contributed by atoms with Crippen LogP contribution in [0, 0.1) is 0 Å². The van der Waals surface area contributed by atoms with Crippen LogP contribution >= 0.6 is 0 Å². The highest BCUT2D eigenvalue weighted by Gasteiger charge is 2.29. The van der Waals surface area contributed by atoms with Crippen molar-refractivity contribution in [3.8, 4) is 22.9 Å². The molecule has 2 heterocycles. The summed E-state index contributed by atoms with van der Waals surface area (Å²) in [6.45, 7) is 8.94. The molecular weight excluding hydrogens is 430 g/mol. The van der Waals surface area contributed by atoms with Crippen molar-refractivity contribution < 1.29 is 9.84 Å². The highest BCUT2D eigenvalue weighted by atomic mass is 16.5. The molecule has 0 atom stereocenters. The van der Waals surface area contributed by atoms with Crippen molar-refractivity contribution in [2.24, 2.45) is 5.73 Å². The van der Waals surface area contributed by atoms with Crippen molar-refractivity contribution >= 4 is 11.8 Å². The van der Waals surface area contributed by atoms with Gasteiger partial charge in [0.05, 0.1) is 18.5 Å². The summed E-state index contributed by atoms with van der Waals surface area (Å²) in [5.74, 6) is 2.22. The molecule has 1 aliphatic carbocycles. The van der Waals surface area contributed by atoms with E-state index in [1.807, 2.05) is 12.1 Å². The first kappa shape index (κ1) is 24.1. The van der Waals surface area contributed by atoms with E-state index in [1.165, 1.54) is 0 Å². The predicted molar refractivity (Wildman–Crippen MR) is 135 cm³/mol. The number of benzene rings is 1. The van der Waals surface area contributed by atoms with Gasteiger partial charge in [-0.3, -0.25) is 0 Å². The summed E-state index contributed by atoms with van der Waals surface area (Å²) in [7, 11) is 1.54. The van der Waals surface area contributed by atoms with Crippen LogP contribution in [0.4, 0.5) is 11.8 Å². The molecule has 1 aromatic rings. The van der Waals surface area contributed by atoms with Crippen LogP contribution in [0.3, 0.4) is 0 Å². The topological polar surface area (TPSA) is 123 Å². The fraction of sp³-hybridized carbons (Fsp3) is 0.560. The van der Waals surface area contributed by atoms with Gasteiger partial charge < -0.3 is 30.8 Å². The second-order valence-corrected chi connectivity index (χ2v) is 9.76. The number of hydrogen-bond acceptors (Lipinski definition) is 8. The first-order valence-corrected chi connectivity index (χ1v) is 12.2. The molecule has 0 unspecified atom stereocenters. The summed E-state index contributed by atoms with van der Waals surface area (Å²) in [6, 6.07) is 6.23. The van der Waals surface area contributed by atoms with Crippen LogP contribution in [0.2, 0.25) is 0 Å². The van der Waals surface area contributed by atoms with Gasteiger partial charge in [-0.05, 0) is 51.5 Å². The Morgan fingerprint density at radius 3 is 2.53 bits per heavy atom. The molecule has 0 bridgehead atoms. The van der Waals surface area contributed by atoms with Crippen LogP contribution in [0.25, 0.3) is 11.4 Å². The third-order valence-corrected chi connectivity index (χ3v) is 6.55. The number of hydrogen-bond donors (Lipinski definition) is 4. The molecule has 5 N–H and O–H groups in total. The number of nitrogens with zero attached hydrogens (tertiary/aromatic N) is 4. The van der Waals surface area contributed by atoms with E-state index in [9.17, 15) is 5.11 Å². The first-order chi connectivity index (χ1) is 16.3. The molecule has 0 aromatic heterocycles. The average Bonchev–Trinajstić information content (AvgIpc) is 3.25. The lowest BCUT2D eigenvalue weighted by Crippen LogP contribution is -2.34. The quantitative estimate of drug-likeness (QED) is 0.382. The number of methoxy groups -OCH3 is 1. The van der Waals surface area contributed by atoms with Gasteiger partial charge in [0, 0.05) is 30.2 Å². The largest absolute Gasteiger partial charge is 0.504 e. The predicted octanol–water partition coefficient (Wildman–Crippen LogP) is 4.49. The molecule has 0 radical (unpaired) electrons. The van der Waals surface area contributed by atoms with Gasteiger partial charge >= 0.3 is 0 Å². The van der Waals surface area contributed by atoms with E-state index in [0.717, 1.165) is 48.7 Å². The van der Waals surface area contributed by atoms with E-state index in [4.69, 9.17) is 15.5 Å². The Bertz CT molecular complexity index is 1090. The highest BCUT2D eigenvalue weighted by molar-refractivity contribution is 5.75. The number of rotatable bonds is 8. The number of aromatic hydroxyl groups is 1. The summed E-state index contributed by atoms with van der Waals surface area (Å²) in [6.07, 6.45) is 4.07. The lowest BCUT2D eigenvalue weighted by molar-refractivity contribution is 0.371. The van der Waals surface area contributed by atoms with Crippen LogP contribution in [0.5, 0.6) is 11.5 Å². The van der Waals surface area contributed by atoms with Crippen LogP contribution in [0.1, 0.15) is 76.6 Å². The minimum Gasteiger partial charge on any atom is -0.504 e. The lowest BCUT2D eigenvalue weighted by Gasteiger charge is -2.30. The Hall–Kier alpha value is -3.07. The highest BCUT2D eigenvalue weighted by Crippen LogP contribution is 2.38. The fourth-order valence-electron chi connectivity index (χ4n) is 4.65. The maximum absolute atomic E-state index is 10.5. The molecule has 1 fully saturated rings. The standard InChI is InChI=1S/C25H37N7O2/c1-14(2)20-22-21(31-30-20)24(27-13-16-7-6-8-19(34-5)23(16)33)29-25(32(22)15(3)4)28-18-11-9-17(26)10-12-18/h6-8,14-15,17-18,27,33H,9-13,26H2,1-5H3,(H,28,29). The van der Waals surface area contributed by atoms with Gasteiger partial charge in [-0.25, -0.2) is 0 Å². The Balaban J connectivity index is 1.74. The molecule has 1 saturated carbocycles. The van der Waals surface area contributed by atoms with Crippen molar-refractivity contribution in [3.63, 3.8) is 0 Å². The van der Waals surface area contributed by atoms with E-state index >= 15 is 0 Å². The molecule has 3 aliphatic rings. The number of phenols is 1. The summed E-state index contributed by atoms with van der Waals surface area (Å²) >= 11 is 0. The molecule has 9 nitrogen and oxygen atoms in total. The number of anilines is 2. The third kappa shape index (κ3) is 4.75. The van der Waals surface area contributed by atoms with Crippen molar-refractivity contribution in [2.75, 3.05) is 17.7 Å². The number of para-hydroxylation sites is 1. The number of aromatic nitrogens is 4. The Morgan fingerprint density at radius 1 is 1.15 bits per heavy atom. The monoisotopic (exact) mass is 467 g/mol. The molecule has 0 saturated heterocycles. The zero-order valence-corrected chi connectivity index (χ0v) is 20.8. The van der Waals surface area contributed by atoms with E-state index in [-0.39, 0.29) is 23.8 Å². The van der Waals surface area contributed by atoms with Crippen LogP contribution in [-0.4, -0.2) is 44.0 Å². The molecule has 9 heteroatoms. The second kappa shape index (κ2) is 10.0. The van der Waals surface area contributed by atoms with Gasteiger partial charge in [0.2, 0.25) is 5.95 Å². The number of fused-ring (bicyclic) bond motifs is 1. The number of nitrogens with one attached hydrogen (secondary N) is 2. The zero-order chi connectivity index (χ0) is 24.4. The zero-order valence-electron chi connectivity index (χ0n) is 20.8. The van der Waals surface area contributed by atoms with Gasteiger partial charge in [-0.1, -0.05) is 26.0 Å². The van der Waals surface area contributed by atoms with Gasteiger partial charge in [-0.15, -0.1) is 5.10 Å². The van der Waals surface area contributed by atoms with Crippen molar-refractivity contribution in [1.82, 2.24) is 19.7 Å². The summed E-state index contributed by atoms with van der Waals surface area (Å²) in [4.78, 5) is 4.99. The van der Waals surface area contributed by atoms with Crippen LogP contribution in [-0.2, 0) is 6.54 Å². The van der Waals surface area contributed by atoms with Crippen molar-refractivity contribution in [2.45, 2.75) is 84.0 Å². The van der Waals surface area contributed by atoms with E-state index in [1.54, 1.807) is 13.2 Å². The number of ether oxygens (including phenoxy) is 1. The average molecular weight is 468 g/mol. The summed E-state index contributed by atoms with van der Waals surface area (Å²) in [5, 5.41) is 26.7. The van der Waals surface area contributed by atoms with Gasteiger partial charge in [0.25, 0.3) is 0 Å². The molecule has 4 rings (SSSR count). The molecule has 2 aliphatic heterocycles. The van der Waals surface area contributed by atoms with Gasteiger partial charge in [0.1, 0.15) is 0 Å². The maximum Gasteiger partial charge on any atom is 0.205 e. The SMILES string of the molecule is COc1cccc(CNc2nc(NC3CCC(N)CC3)n(C(C)C)c3c(C(C)C)nnc2-3)c1O. The maximum atomic E-state index is 10.5. The van der Waals surface area contributed by atoms with E-state index < -0.39 is 0 Å². The normalized spacial score (nSPS) is 18.6. The Morgan fingerprint density at radius 2 is 1.88 bits per heavy atom. The van der Waals surface area contributed by atoms with E-state index in [0.29, 0.717) is 29.7 Å². The van der Waals surface area contributed by atoms with Crippen LogP contribution < -0.4 is 21.1 Å². The molecule has 1 aromatic carbocycles. The molecule has 0 spiro atoms. The minimum atomic E-state index is 0.121. The van der Waals surface area contributed by atoms with Crippen LogP contribution in [0.15, 0.2) is 18.2 Å². The lowest BCUT2D eigenvalue weighted by atomic mass is 9.92. The molecule has 0 amide bonds. The fourth-order valence-corrected chi connectivity index (χ4v) is 4.65. The summed E-state index contributed by atoms with van der Waals surface area (Å²) in [5.41, 5.74) is 9.52. The van der Waals surface area contributed by atoms with Crippen molar-refractivity contribution in [3.05, 3.63) is 29.5 Å². The Labute approximate surface area is 201 Å². The smallest absolute Gasteiger partial charge is 0.205 e. The molecule has 34 heavy (non-hydrogen) atoms. The number of nitrogens with two attached hydrogens (primary N) is 1. The van der Waals surface area contributed by atoms with Gasteiger partial charge in [0.15, 0.2) is 23.0 Å². The van der Waals surface area contributed by atoms with Gasteiger partial charge in [-0.2, -0.15) is 10.1 Å². The molecular formula is C25H37N7O2. The third-order valence-electron chi connectivity index (χ3n) is 6.55. The second-order valence-electron chi connectivity index (χ2n) is 9.76. The Kier molecular flexibility index (Phi) is 7.11. The molecule has 184 valence electrons.